The number of hydrogen-bond acceptors (Lipinski definition) is 6. The minimum absolute atomic E-state index is 0.131. The van der Waals surface area contributed by atoms with Gasteiger partial charge in [-0.25, -0.2) is 15.8 Å². The molecule has 0 spiro atoms. The average molecular weight is 266 g/mol. The minimum Gasteiger partial charge on any atom is -0.368 e. The van der Waals surface area contributed by atoms with Crippen LogP contribution in [0.1, 0.15) is 26.3 Å². The Kier molecular flexibility index (Phi) is 5.50. The molecule has 0 fully saturated rings. The third-order valence-electron chi connectivity index (χ3n) is 2.64. The zero-order valence-electron chi connectivity index (χ0n) is 11.7. The van der Waals surface area contributed by atoms with Crippen molar-refractivity contribution in [3.63, 3.8) is 0 Å². The molecule has 0 aliphatic rings. The van der Waals surface area contributed by atoms with E-state index in [4.69, 9.17) is 11.6 Å². The average Bonchev–Trinajstić information content (AvgIpc) is 2.35. The van der Waals surface area contributed by atoms with E-state index in [1.807, 2.05) is 11.8 Å². The molecule has 1 aromatic rings. The van der Waals surface area contributed by atoms with Gasteiger partial charge in [0.2, 0.25) is 5.91 Å². The second kappa shape index (κ2) is 6.89. The number of hydrazine groups is 1. The van der Waals surface area contributed by atoms with Crippen LogP contribution in [0.3, 0.4) is 0 Å². The summed E-state index contributed by atoms with van der Waals surface area (Å²) >= 11 is 0. The van der Waals surface area contributed by atoms with E-state index in [0.717, 1.165) is 5.56 Å². The van der Waals surface area contributed by atoms with Crippen molar-refractivity contribution in [3.8, 4) is 0 Å². The highest BCUT2D eigenvalue weighted by Crippen LogP contribution is 2.23. The van der Waals surface area contributed by atoms with E-state index in [-0.39, 0.29) is 12.5 Å². The predicted molar refractivity (Wildman–Crippen MR) is 75.5 cm³/mol. The Bertz CT molecular complexity index is 434. The third-order valence-corrected chi connectivity index (χ3v) is 2.64. The molecule has 0 unspecified atom stereocenters. The quantitative estimate of drug-likeness (QED) is 0.483. The smallest absolute Gasteiger partial charge is 0.236 e. The molecular weight excluding hydrogens is 244 g/mol. The summed E-state index contributed by atoms with van der Waals surface area (Å²) in [5.74, 6) is 6.73. The molecule has 0 aliphatic carbocycles. The van der Waals surface area contributed by atoms with Crippen LogP contribution in [0.4, 0.5) is 11.6 Å². The van der Waals surface area contributed by atoms with Crippen molar-refractivity contribution in [2.45, 2.75) is 27.2 Å². The molecule has 0 saturated heterocycles. The number of carbonyl (C=O) groups excluding carboxylic acids is 1. The van der Waals surface area contributed by atoms with Crippen molar-refractivity contribution >= 4 is 17.5 Å². The van der Waals surface area contributed by atoms with Gasteiger partial charge in [-0.15, -0.1) is 0 Å². The number of amides is 1. The van der Waals surface area contributed by atoms with Crippen LogP contribution in [0.2, 0.25) is 0 Å². The van der Waals surface area contributed by atoms with Crippen LogP contribution in [-0.2, 0) is 11.2 Å². The first kappa shape index (κ1) is 15.2. The lowest BCUT2D eigenvalue weighted by Gasteiger charge is -2.26. The highest BCUT2D eigenvalue weighted by Gasteiger charge is 2.18. The molecule has 0 atom stereocenters. The molecule has 0 bridgehead atoms. The number of nitrogen functional groups attached to an aromatic ring is 1. The van der Waals surface area contributed by atoms with Crippen LogP contribution >= 0.6 is 0 Å². The van der Waals surface area contributed by atoms with Gasteiger partial charge in [0.1, 0.15) is 18.0 Å². The molecule has 0 aromatic carbocycles. The fourth-order valence-corrected chi connectivity index (χ4v) is 1.98. The Hall–Kier alpha value is -1.89. The largest absolute Gasteiger partial charge is 0.368 e. The highest BCUT2D eigenvalue weighted by molar-refractivity contribution is 5.79. The number of nitrogens with two attached hydrogens (primary N) is 2. The molecule has 7 heteroatoms. The Morgan fingerprint density at radius 2 is 2.16 bits per heavy atom. The zero-order chi connectivity index (χ0) is 14.4. The number of primary amides is 1. The van der Waals surface area contributed by atoms with Gasteiger partial charge in [-0.2, -0.15) is 0 Å². The molecule has 5 N–H and O–H groups in total. The summed E-state index contributed by atoms with van der Waals surface area (Å²) in [5.41, 5.74) is 8.74. The first-order chi connectivity index (χ1) is 8.99. The molecule has 1 aromatic heterocycles. The molecular formula is C12H22N6O. The molecule has 0 aliphatic heterocycles. The van der Waals surface area contributed by atoms with Gasteiger partial charge in [-0.3, -0.25) is 4.79 Å². The first-order valence-corrected chi connectivity index (χ1v) is 6.33. The zero-order valence-corrected chi connectivity index (χ0v) is 11.7. The number of carbonyl (C=O) groups is 1. The molecule has 106 valence electrons. The summed E-state index contributed by atoms with van der Waals surface area (Å²) in [6.07, 6.45) is 2.14. The lowest BCUT2D eigenvalue weighted by Crippen LogP contribution is -2.37. The number of hydrogen-bond donors (Lipinski definition) is 3. The summed E-state index contributed by atoms with van der Waals surface area (Å²) in [6.45, 7) is 6.95. The fraction of sp³-hybridized carbons (Fsp3) is 0.583. The van der Waals surface area contributed by atoms with Gasteiger partial charge >= 0.3 is 0 Å². The molecule has 1 rings (SSSR count). The van der Waals surface area contributed by atoms with Gasteiger partial charge in [0.25, 0.3) is 0 Å². The van der Waals surface area contributed by atoms with Gasteiger partial charge in [0.05, 0.1) is 6.54 Å². The Morgan fingerprint density at radius 3 is 2.63 bits per heavy atom. The number of aromatic nitrogens is 2. The summed E-state index contributed by atoms with van der Waals surface area (Å²) in [4.78, 5) is 21.4. The van der Waals surface area contributed by atoms with Gasteiger partial charge < -0.3 is 16.1 Å². The first-order valence-electron chi connectivity index (χ1n) is 6.33. The van der Waals surface area contributed by atoms with E-state index < -0.39 is 0 Å². The van der Waals surface area contributed by atoms with Gasteiger partial charge in [0, 0.05) is 12.1 Å². The maximum atomic E-state index is 11.2. The van der Waals surface area contributed by atoms with E-state index in [2.05, 4.69) is 29.2 Å². The number of rotatable bonds is 7. The Morgan fingerprint density at radius 1 is 1.47 bits per heavy atom. The summed E-state index contributed by atoms with van der Waals surface area (Å²) in [7, 11) is 0. The van der Waals surface area contributed by atoms with E-state index >= 15 is 0 Å². The summed E-state index contributed by atoms with van der Waals surface area (Å²) in [6, 6.07) is 0. The lowest BCUT2D eigenvalue weighted by molar-refractivity contribution is -0.116. The molecule has 0 radical (unpaired) electrons. The Labute approximate surface area is 113 Å². The molecule has 1 heterocycles. The van der Waals surface area contributed by atoms with Crippen molar-refractivity contribution in [3.05, 3.63) is 11.9 Å². The van der Waals surface area contributed by atoms with E-state index in [1.165, 1.54) is 6.33 Å². The summed E-state index contributed by atoms with van der Waals surface area (Å²) in [5, 5.41) is 0. The van der Waals surface area contributed by atoms with Crippen molar-refractivity contribution < 1.29 is 4.79 Å². The Balaban J connectivity index is 3.16. The normalized spacial score (nSPS) is 10.6. The third kappa shape index (κ3) is 4.06. The van der Waals surface area contributed by atoms with Crippen LogP contribution in [0.5, 0.6) is 0 Å². The minimum atomic E-state index is -0.386. The van der Waals surface area contributed by atoms with Crippen molar-refractivity contribution in [1.29, 1.82) is 0 Å². The predicted octanol–water partition coefficient (Wildman–Crippen LogP) is 0.272. The van der Waals surface area contributed by atoms with E-state index in [9.17, 15) is 4.79 Å². The molecule has 19 heavy (non-hydrogen) atoms. The van der Waals surface area contributed by atoms with Gasteiger partial charge in [0.15, 0.2) is 0 Å². The standard InChI is InChI=1S/C12H22N6O/c1-4-9-11(17-14)15-7-16-12(9)18(5-8(2)3)6-10(13)19/h7-8H,4-6,14H2,1-3H3,(H2,13,19)(H,15,16,17). The molecule has 0 saturated carbocycles. The van der Waals surface area contributed by atoms with Gasteiger partial charge in [-0.05, 0) is 12.3 Å². The van der Waals surface area contributed by atoms with Crippen LogP contribution < -0.4 is 21.9 Å². The van der Waals surface area contributed by atoms with E-state index in [1.54, 1.807) is 0 Å². The molecule has 1 amide bonds. The van der Waals surface area contributed by atoms with Crippen molar-refractivity contribution in [1.82, 2.24) is 9.97 Å². The van der Waals surface area contributed by atoms with Crippen LogP contribution in [0, 0.1) is 5.92 Å². The number of nitrogens with one attached hydrogen (secondary N) is 1. The van der Waals surface area contributed by atoms with Crippen LogP contribution in [-0.4, -0.2) is 29.0 Å². The lowest BCUT2D eigenvalue weighted by atomic mass is 10.1. The SMILES string of the molecule is CCc1c(NN)ncnc1N(CC(N)=O)CC(C)C. The summed E-state index contributed by atoms with van der Waals surface area (Å²) < 4.78 is 0. The van der Waals surface area contributed by atoms with Crippen LogP contribution in [0.25, 0.3) is 0 Å². The van der Waals surface area contributed by atoms with Crippen molar-refractivity contribution in [2.24, 2.45) is 17.5 Å². The number of nitrogens with zero attached hydrogens (tertiary/aromatic N) is 3. The monoisotopic (exact) mass is 266 g/mol. The topological polar surface area (TPSA) is 110 Å². The fourth-order valence-electron chi connectivity index (χ4n) is 1.98. The second-order valence-electron chi connectivity index (χ2n) is 4.76. The second-order valence-corrected chi connectivity index (χ2v) is 4.76. The highest BCUT2D eigenvalue weighted by atomic mass is 16.1. The van der Waals surface area contributed by atoms with E-state index in [0.29, 0.717) is 30.5 Å². The van der Waals surface area contributed by atoms with Gasteiger partial charge in [-0.1, -0.05) is 20.8 Å². The maximum Gasteiger partial charge on any atom is 0.236 e. The van der Waals surface area contributed by atoms with Crippen molar-refractivity contribution in [2.75, 3.05) is 23.4 Å². The maximum absolute atomic E-state index is 11.2. The van der Waals surface area contributed by atoms with Crippen LogP contribution in [0.15, 0.2) is 6.33 Å². The molecule has 7 nitrogen and oxygen atoms in total. The number of anilines is 2.